The summed E-state index contributed by atoms with van der Waals surface area (Å²) in [5.74, 6) is 0. The maximum Gasteiger partial charge on any atom is 0.151 e. The minimum absolute atomic E-state index is 0.254. The van der Waals surface area contributed by atoms with E-state index in [4.69, 9.17) is 0 Å². The lowest BCUT2D eigenvalue weighted by Gasteiger charge is -2.05. The molecule has 0 aromatic heterocycles. The summed E-state index contributed by atoms with van der Waals surface area (Å²) in [7, 11) is -0.254. The Labute approximate surface area is 52.2 Å². The van der Waals surface area contributed by atoms with E-state index in [1.54, 1.807) is 6.92 Å². The van der Waals surface area contributed by atoms with Gasteiger partial charge in [-0.1, -0.05) is 13.8 Å². The molecule has 0 aliphatic heterocycles. The van der Waals surface area contributed by atoms with Crippen LogP contribution in [0.2, 0.25) is 0 Å². The Morgan fingerprint density at radius 1 is 1.38 bits per heavy atom. The van der Waals surface area contributed by atoms with Crippen molar-refractivity contribution >= 4 is 13.4 Å². The first-order chi connectivity index (χ1) is 3.72. The quantitative estimate of drug-likeness (QED) is 0.537. The van der Waals surface area contributed by atoms with Gasteiger partial charge in [-0.15, -0.1) is 0 Å². The van der Waals surface area contributed by atoms with Crippen molar-refractivity contribution < 1.29 is 4.79 Å². The lowest BCUT2D eigenvalue weighted by atomic mass is 10.9. The van der Waals surface area contributed by atoms with E-state index in [0.29, 0.717) is 5.52 Å². The second kappa shape index (κ2) is 4.03. The Morgan fingerprint density at radius 2 is 1.75 bits per heavy atom. The highest BCUT2D eigenvalue weighted by atomic mass is 31.1. The van der Waals surface area contributed by atoms with Crippen molar-refractivity contribution in [2.75, 3.05) is 12.3 Å². The zero-order valence-corrected chi connectivity index (χ0v) is 6.66. The predicted molar refractivity (Wildman–Crippen MR) is 38.7 cm³/mol. The molecule has 0 saturated heterocycles. The number of carbonyl (C=O) groups excluding carboxylic acids is 1. The maximum absolute atomic E-state index is 10.6. The molecule has 48 valence electrons. The molecule has 2 heteroatoms. The van der Waals surface area contributed by atoms with E-state index >= 15 is 0 Å². The van der Waals surface area contributed by atoms with Gasteiger partial charge in [0.2, 0.25) is 0 Å². The molecule has 8 heavy (non-hydrogen) atoms. The van der Waals surface area contributed by atoms with Crippen LogP contribution in [-0.2, 0) is 4.79 Å². The van der Waals surface area contributed by atoms with Crippen molar-refractivity contribution in [3.63, 3.8) is 0 Å². The summed E-state index contributed by atoms with van der Waals surface area (Å²) >= 11 is 0. The molecule has 0 amide bonds. The molecule has 0 unspecified atom stereocenters. The zero-order chi connectivity index (χ0) is 6.57. The Morgan fingerprint density at radius 3 is 1.75 bits per heavy atom. The van der Waals surface area contributed by atoms with Crippen molar-refractivity contribution in [2.24, 2.45) is 0 Å². The van der Waals surface area contributed by atoms with Gasteiger partial charge in [-0.25, -0.2) is 0 Å². The van der Waals surface area contributed by atoms with Crippen molar-refractivity contribution in [3.05, 3.63) is 0 Å². The lowest BCUT2D eigenvalue weighted by molar-refractivity contribution is -0.109. The minimum atomic E-state index is -0.254. The molecule has 0 aromatic rings. The summed E-state index contributed by atoms with van der Waals surface area (Å²) in [6.45, 7) is 5.85. The van der Waals surface area contributed by atoms with Crippen molar-refractivity contribution in [1.29, 1.82) is 0 Å². The fourth-order valence-corrected chi connectivity index (χ4v) is 2.01. The topological polar surface area (TPSA) is 17.1 Å². The second-order valence-electron chi connectivity index (χ2n) is 1.69. The highest BCUT2D eigenvalue weighted by Gasteiger charge is 2.05. The molecular weight excluding hydrogens is 119 g/mol. The summed E-state index contributed by atoms with van der Waals surface area (Å²) in [6, 6.07) is 0. The highest BCUT2D eigenvalue weighted by molar-refractivity contribution is 7.74. The largest absolute Gasteiger partial charge is 0.295 e. The molecular formula is C6H13OP. The van der Waals surface area contributed by atoms with Crippen LogP contribution in [-0.4, -0.2) is 17.8 Å². The molecule has 0 heterocycles. The summed E-state index contributed by atoms with van der Waals surface area (Å²) in [4.78, 5) is 10.6. The molecule has 0 spiro atoms. The fraction of sp³-hybridized carbons (Fsp3) is 0.833. The van der Waals surface area contributed by atoms with E-state index in [1.165, 1.54) is 0 Å². The van der Waals surface area contributed by atoms with Gasteiger partial charge in [0.25, 0.3) is 0 Å². The van der Waals surface area contributed by atoms with Gasteiger partial charge in [0.1, 0.15) is 0 Å². The van der Waals surface area contributed by atoms with Crippen LogP contribution in [0.5, 0.6) is 0 Å². The van der Waals surface area contributed by atoms with E-state index in [1.807, 2.05) is 0 Å². The zero-order valence-electron chi connectivity index (χ0n) is 5.77. The van der Waals surface area contributed by atoms with Crippen molar-refractivity contribution in [1.82, 2.24) is 0 Å². The average Bonchev–Trinajstić information content (AvgIpc) is 1.69. The second-order valence-corrected chi connectivity index (χ2v) is 4.67. The molecule has 1 nitrogen and oxygen atoms in total. The van der Waals surface area contributed by atoms with Gasteiger partial charge < -0.3 is 0 Å². The normalized spacial score (nSPS) is 10.0. The van der Waals surface area contributed by atoms with E-state index in [-0.39, 0.29) is 7.92 Å². The van der Waals surface area contributed by atoms with Crippen LogP contribution in [0.4, 0.5) is 0 Å². The summed E-state index contributed by atoms with van der Waals surface area (Å²) < 4.78 is 0. The van der Waals surface area contributed by atoms with Crippen LogP contribution in [0.15, 0.2) is 0 Å². The van der Waals surface area contributed by atoms with E-state index in [0.717, 1.165) is 12.3 Å². The Balaban J connectivity index is 3.52. The van der Waals surface area contributed by atoms with E-state index in [2.05, 4.69) is 13.8 Å². The maximum atomic E-state index is 10.6. The Hall–Kier alpha value is 0.100. The predicted octanol–water partition coefficient (Wildman–Crippen LogP) is 2.05. The van der Waals surface area contributed by atoms with Gasteiger partial charge in [-0.2, -0.15) is 0 Å². The van der Waals surface area contributed by atoms with Crippen LogP contribution >= 0.6 is 7.92 Å². The molecule has 0 aliphatic rings. The molecule has 0 saturated carbocycles. The number of carbonyl (C=O) groups is 1. The SMILES string of the molecule is CCP(CC)C(C)=O. The highest BCUT2D eigenvalue weighted by Crippen LogP contribution is 2.34. The smallest absolute Gasteiger partial charge is 0.151 e. The molecule has 0 aromatic carbocycles. The monoisotopic (exact) mass is 132 g/mol. The number of hydrogen-bond acceptors (Lipinski definition) is 1. The molecule has 0 radical (unpaired) electrons. The summed E-state index contributed by atoms with van der Waals surface area (Å²) in [5.41, 5.74) is 0.394. The molecule has 0 rings (SSSR count). The molecule has 0 atom stereocenters. The first-order valence-corrected chi connectivity index (χ1v) is 4.69. The van der Waals surface area contributed by atoms with Gasteiger partial charge in [-0.3, -0.25) is 4.79 Å². The lowest BCUT2D eigenvalue weighted by Crippen LogP contribution is -1.92. The van der Waals surface area contributed by atoms with Crippen LogP contribution in [0, 0.1) is 0 Å². The van der Waals surface area contributed by atoms with Gasteiger partial charge in [0.05, 0.1) is 0 Å². The van der Waals surface area contributed by atoms with E-state index < -0.39 is 0 Å². The molecule has 0 N–H and O–H groups in total. The van der Waals surface area contributed by atoms with Crippen LogP contribution in [0.25, 0.3) is 0 Å². The van der Waals surface area contributed by atoms with Gasteiger partial charge in [0, 0.05) is 0 Å². The van der Waals surface area contributed by atoms with Crippen LogP contribution in [0.3, 0.4) is 0 Å². The first kappa shape index (κ1) is 8.10. The van der Waals surface area contributed by atoms with Crippen LogP contribution in [0.1, 0.15) is 20.8 Å². The third-order valence-electron chi connectivity index (χ3n) is 1.21. The molecule has 0 bridgehead atoms. The Bertz CT molecular complexity index is 76.6. The first-order valence-electron chi connectivity index (χ1n) is 2.97. The van der Waals surface area contributed by atoms with Crippen molar-refractivity contribution in [3.8, 4) is 0 Å². The van der Waals surface area contributed by atoms with Gasteiger partial charge >= 0.3 is 0 Å². The Kier molecular flexibility index (Phi) is 4.08. The van der Waals surface area contributed by atoms with Gasteiger partial charge in [-0.05, 0) is 27.2 Å². The summed E-state index contributed by atoms with van der Waals surface area (Å²) in [5, 5.41) is 0. The average molecular weight is 132 g/mol. The number of rotatable bonds is 3. The van der Waals surface area contributed by atoms with E-state index in [9.17, 15) is 4.79 Å². The third kappa shape index (κ3) is 2.42. The fourth-order valence-electron chi connectivity index (χ4n) is 0.669. The standard InChI is InChI=1S/C6H13OP/c1-4-8(5-2)6(3)7/h4-5H2,1-3H3. The van der Waals surface area contributed by atoms with Crippen LogP contribution < -0.4 is 0 Å². The van der Waals surface area contributed by atoms with Gasteiger partial charge in [0.15, 0.2) is 5.52 Å². The van der Waals surface area contributed by atoms with Crippen molar-refractivity contribution in [2.45, 2.75) is 20.8 Å². The third-order valence-corrected chi connectivity index (χ3v) is 3.63. The summed E-state index contributed by atoms with van der Waals surface area (Å²) in [6.07, 6.45) is 2.11. The molecule has 0 fully saturated rings. The number of hydrogen-bond donors (Lipinski definition) is 0. The minimum Gasteiger partial charge on any atom is -0.295 e. The molecule has 0 aliphatic carbocycles.